The van der Waals surface area contributed by atoms with Crippen LogP contribution in [0.15, 0.2) is 79.0 Å². The number of rotatable bonds is 6. The maximum atomic E-state index is 13.1. The van der Waals surface area contributed by atoms with Crippen LogP contribution in [0.1, 0.15) is 16.7 Å². The van der Waals surface area contributed by atoms with Crippen LogP contribution in [0.4, 0.5) is 13.2 Å². The van der Waals surface area contributed by atoms with E-state index in [9.17, 15) is 23.3 Å². The van der Waals surface area contributed by atoms with Crippen LogP contribution < -0.4 is 4.74 Å². The summed E-state index contributed by atoms with van der Waals surface area (Å²) in [6, 6.07) is 19.0. The van der Waals surface area contributed by atoms with E-state index in [1.165, 1.54) is 18.2 Å². The lowest BCUT2D eigenvalue weighted by Crippen LogP contribution is -2.04. The van der Waals surface area contributed by atoms with Crippen molar-refractivity contribution in [2.24, 2.45) is 0 Å². The number of benzene rings is 3. The van der Waals surface area contributed by atoms with E-state index in [1.54, 1.807) is 18.2 Å². The van der Waals surface area contributed by atoms with Gasteiger partial charge in [-0.15, -0.1) is 0 Å². The fraction of sp³-hybridized carbons (Fsp3) is 0.0909. The summed E-state index contributed by atoms with van der Waals surface area (Å²) in [7, 11) is 0. The first kappa shape index (κ1) is 20.1. The second-order valence-electron chi connectivity index (χ2n) is 6.20. The monoisotopic (exact) mass is 399 g/mol. The average molecular weight is 399 g/mol. The highest BCUT2D eigenvalue weighted by atomic mass is 19.4. The van der Waals surface area contributed by atoms with Crippen LogP contribution in [-0.4, -0.2) is 4.92 Å². The predicted molar refractivity (Wildman–Crippen MR) is 104 cm³/mol. The zero-order chi connectivity index (χ0) is 20.9. The first-order valence-electron chi connectivity index (χ1n) is 8.63. The second-order valence-corrected chi connectivity index (χ2v) is 6.20. The van der Waals surface area contributed by atoms with E-state index in [0.29, 0.717) is 16.9 Å². The minimum absolute atomic E-state index is 0.285. The minimum atomic E-state index is -4.49. The Labute approximate surface area is 165 Å². The molecule has 0 atom stereocenters. The molecule has 148 valence electrons. The van der Waals surface area contributed by atoms with Crippen molar-refractivity contribution in [3.63, 3.8) is 0 Å². The van der Waals surface area contributed by atoms with Gasteiger partial charge in [-0.2, -0.15) is 13.2 Å². The molecular weight excluding hydrogens is 383 g/mol. The highest BCUT2D eigenvalue weighted by molar-refractivity contribution is 5.76. The van der Waals surface area contributed by atoms with Crippen LogP contribution in [-0.2, 0) is 12.8 Å². The van der Waals surface area contributed by atoms with Crippen LogP contribution in [0.5, 0.6) is 5.75 Å². The third kappa shape index (κ3) is 5.44. The first-order chi connectivity index (χ1) is 13.8. The van der Waals surface area contributed by atoms with E-state index >= 15 is 0 Å². The summed E-state index contributed by atoms with van der Waals surface area (Å²) in [4.78, 5) is 10.0. The van der Waals surface area contributed by atoms with Crippen LogP contribution >= 0.6 is 0 Å². The summed E-state index contributed by atoms with van der Waals surface area (Å²) in [6.07, 6.45) is -2.50. The van der Waals surface area contributed by atoms with E-state index in [-0.39, 0.29) is 12.2 Å². The van der Waals surface area contributed by atoms with Crippen LogP contribution in [0.2, 0.25) is 0 Å². The standard InChI is InChI=1S/C22H16F3NO3/c23-22(24,25)19-8-4-7-18(13-19)21-14-20(10-9-17(21)11-12-26(27)28)29-15-16-5-2-1-3-6-16/h1-14H,15H2/b12-11+. The molecule has 0 saturated heterocycles. The van der Waals surface area contributed by atoms with Crippen molar-refractivity contribution in [1.29, 1.82) is 0 Å². The van der Waals surface area contributed by atoms with E-state index in [0.717, 1.165) is 23.9 Å². The molecule has 0 aliphatic carbocycles. The van der Waals surface area contributed by atoms with Gasteiger partial charge in [0, 0.05) is 6.08 Å². The van der Waals surface area contributed by atoms with Gasteiger partial charge in [0.1, 0.15) is 12.4 Å². The Morgan fingerprint density at radius 1 is 0.966 bits per heavy atom. The molecule has 7 heteroatoms. The van der Waals surface area contributed by atoms with Gasteiger partial charge in [-0.25, -0.2) is 0 Å². The van der Waals surface area contributed by atoms with E-state index in [2.05, 4.69) is 0 Å². The SMILES string of the molecule is O=[N+]([O-])/C=C/c1ccc(OCc2ccccc2)cc1-c1cccc(C(F)(F)F)c1. The normalized spacial score (nSPS) is 11.6. The molecule has 0 aliphatic rings. The molecule has 3 aromatic rings. The lowest BCUT2D eigenvalue weighted by Gasteiger charge is -2.13. The minimum Gasteiger partial charge on any atom is -0.489 e. The summed E-state index contributed by atoms with van der Waals surface area (Å²) in [5.74, 6) is 0.444. The Morgan fingerprint density at radius 3 is 2.41 bits per heavy atom. The van der Waals surface area contributed by atoms with Crippen molar-refractivity contribution >= 4 is 6.08 Å². The number of halogens is 3. The highest BCUT2D eigenvalue weighted by Gasteiger charge is 2.30. The number of hydrogen-bond donors (Lipinski definition) is 0. The van der Waals surface area contributed by atoms with Crippen molar-refractivity contribution < 1.29 is 22.8 Å². The molecule has 0 amide bonds. The van der Waals surface area contributed by atoms with E-state index in [4.69, 9.17) is 4.74 Å². The molecule has 0 heterocycles. The van der Waals surface area contributed by atoms with Gasteiger partial charge < -0.3 is 4.74 Å². The summed E-state index contributed by atoms with van der Waals surface area (Å²) in [5.41, 5.74) is 1.24. The van der Waals surface area contributed by atoms with Crippen LogP contribution in [0, 0.1) is 10.1 Å². The molecule has 0 spiro atoms. The van der Waals surface area contributed by atoms with Gasteiger partial charge in [-0.1, -0.05) is 48.5 Å². The van der Waals surface area contributed by atoms with Crippen molar-refractivity contribution in [2.45, 2.75) is 12.8 Å². The first-order valence-corrected chi connectivity index (χ1v) is 8.63. The Morgan fingerprint density at radius 2 is 1.72 bits per heavy atom. The molecule has 0 aliphatic heterocycles. The zero-order valence-electron chi connectivity index (χ0n) is 15.1. The number of hydrogen-bond acceptors (Lipinski definition) is 3. The second kappa shape index (κ2) is 8.60. The van der Waals surface area contributed by atoms with E-state index < -0.39 is 16.7 Å². The maximum Gasteiger partial charge on any atom is 0.416 e. The summed E-state index contributed by atoms with van der Waals surface area (Å²) in [5, 5.41) is 10.7. The topological polar surface area (TPSA) is 52.4 Å². The average Bonchev–Trinajstić information content (AvgIpc) is 2.71. The van der Waals surface area contributed by atoms with E-state index in [1.807, 2.05) is 30.3 Å². The molecule has 3 rings (SSSR count). The molecule has 0 saturated carbocycles. The van der Waals surface area contributed by atoms with Crippen LogP contribution in [0.3, 0.4) is 0 Å². The zero-order valence-corrected chi connectivity index (χ0v) is 15.1. The molecular formula is C22H16F3NO3. The van der Waals surface area contributed by atoms with Crippen molar-refractivity contribution in [1.82, 2.24) is 0 Å². The molecule has 0 fully saturated rings. The number of nitrogens with zero attached hydrogens (tertiary/aromatic N) is 1. The Hall–Kier alpha value is -3.61. The quantitative estimate of drug-likeness (QED) is 0.366. The lowest BCUT2D eigenvalue weighted by molar-refractivity contribution is -0.400. The fourth-order valence-corrected chi connectivity index (χ4v) is 2.77. The Kier molecular flexibility index (Phi) is 5.97. The van der Waals surface area contributed by atoms with Crippen LogP contribution in [0.25, 0.3) is 17.2 Å². The van der Waals surface area contributed by atoms with Gasteiger partial charge >= 0.3 is 6.18 Å². The molecule has 4 nitrogen and oxygen atoms in total. The third-order valence-corrected chi connectivity index (χ3v) is 4.15. The third-order valence-electron chi connectivity index (χ3n) is 4.15. The van der Waals surface area contributed by atoms with Gasteiger partial charge in [0.2, 0.25) is 6.20 Å². The number of ether oxygens (including phenoxy) is 1. The molecule has 0 bridgehead atoms. The fourth-order valence-electron chi connectivity index (χ4n) is 2.77. The number of alkyl halides is 3. The predicted octanol–water partition coefficient (Wildman–Crippen LogP) is 6.20. The molecule has 0 unspecified atom stereocenters. The largest absolute Gasteiger partial charge is 0.489 e. The smallest absolute Gasteiger partial charge is 0.416 e. The summed E-state index contributed by atoms with van der Waals surface area (Å²) >= 11 is 0. The Bertz CT molecular complexity index is 1030. The van der Waals surface area contributed by atoms with Crippen molar-refractivity contribution in [3.8, 4) is 16.9 Å². The molecule has 29 heavy (non-hydrogen) atoms. The van der Waals surface area contributed by atoms with Gasteiger partial charge in [0.15, 0.2) is 0 Å². The summed E-state index contributed by atoms with van der Waals surface area (Å²) in [6.45, 7) is 0.285. The van der Waals surface area contributed by atoms with Gasteiger partial charge in [0.05, 0.1) is 10.5 Å². The van der Waals surface area contributed by atoms with Crippen molar-refractivity contribution in [2.75, 3.05) is 0 Å². The molecule has 3 aromatic carbocycles. The van der Waals surface area contributed by atoms with Gasteiger partial charge in [0.25, 0.3) is 0 Å². The molecule has 0 radical (unpaired) electrons. The highest BCUT2D eigenvalue weighted by Crippen LogP contribution is 2.35. The molecule has 0 N–H and O–H groups in total. The van der Waals surface area contributed by atoms with Gasteiger partial charge in [-0.3, -0.25) is 10.1 Å². The Balaban J connectivity index is 1.98. The van der Waals surface area contributed by atoms with Crippen molar-refractivity contribution in [3.05, 3.63) is 106 Å². The summed E-state index contributed by atoms with van der Waals surface area (Å²) < 4.78 is 45.0. The lowest BCUT2D eigenvalue weighted by atomic mass is 9.97. The van der Waals surface area contributed by atoms with Gasteiger partial charge in [-0.05, 0) is 46.5 Å². The molecule has 0 aromatic heterocycles. The number of nitro groups is 1. The maximum absolute atomic E-state index is 13.1.